The number of H-pyrrole nitrogens is 1. The summed E-state index contributed by atoms with van der Waals surface area (Å²) in [6.07, 6.45) is 3.42. The number of hydrogen-bond donors (Lipinski definition) is 2. The van der Waals surface area contributed by atoms with Crippen molar-refractivity contribution in [2.75, 3.05) is 5.32 Å². The largest absolute Gasteiger partial charge is 0.331 e. The summed E-state index contributed by atoms with van der Waals surface area (Å²) in [6.45, 7) is 0. The van der Waals surface area contributed by atoms with Gasteiger partial charge in [0.05, 0.1) is 10.7 Å². The summed E-state index contributed by atoms with van der Waals surface area (Å²) in [5.41, 5.74) is 0.816. The van der Waals surface area contributed by atoms with Crippen LogP contribution in [-0.2, 0) is 0 Å². The molecule has 0 atom stereocenters. The second-order valence-electron chi connectivity index (χ2n) is 2.69. The summed E-state index contributed by atoms with van der Waals surface area (Å²) in [7, 11) is 0. The summed E-state index contributed by atoms with van der Waals surface area (Å²) in [5.74, 6) is 0.671. The van der Waals surface area contributed by atoms with E-state index in [-0.39, 0.29) is 0 Å². The second kappa shape index (κ2) is 4.02. The maximum Gasteiger partial charge on any atom is 0.204 e. The summed E-state index contributed by atoms with van der Waals surface area (Å²) < 4.78 is 0.968. The lowest BCUT2D eigenvalue weighted by atomic mass is 10.3. The van der Waals surface area contributed by atoms with Crippen LogP contribution in [0.2, 0.25) is 5.02 Å². The third-order valence-corrected chi connectivity index (χ3v) is 2.50. The third kappa shape index (κ3) is 2.08. The van der Waals surface area contributed by atoms with E-state index in [0.717, 1.165) is 10.2 Å². The average Bonchev–Trinajstić information content (AvgIpc) is 2.64. The third-order valence-electron chi connectivity index (χ3n) is 1.68. The van der Waals surface area contributed by atoms with Crippen LogP contribution in [0.15, 0.2) is 35.1 Å². The monoisotopic (exact) mass is 271 g/mol. The first-order valence-corrected chi connectivity index (χ1v) is 5.14. The molecule has 2 rings (SSSR count). The summed E-state index contributed by atoms with van der Waals surface area (Å²) in [4.78, 5) is 6.98. The van der Waals surface area contributed by atoms with E-state index in [1.807, 2.05) is 18.2 Å². The van der Waals surface area contributed by atoms with E-state index in [4.69, 9.17) is 11.6 Å². The Morgan fingerprint density at radius 1 is 1.43 bits per heavy atom. The van der Waals surface area contributed by atoms with Crippen molar-refractivity contribution in [3.63, 3.8) is 0 Å². The molecule has 0 fully saturated rings. The zero-order chi connectivity index (χ0) is 9.97. The van der Waals surface area contributed by atoms with E-state index in [0.29, 0.717) is 11.0 Å². The Kier molecular flexibility index (Phi) is 2.74. The summed E-state index contributed by atoms with van der Waals surface area (Å²) >= 11 is 9.36. The number of hydrogen-bond acceptors (Lipinski definition) is 2. The average molecular weight is 273 g/mol. The molecule has 1 heterocycles. The van der Waals surface area contributed by atoms with E-state index < -0.39 is 0 Å². The number of benzene rings is 1. The predicted molar refractivity (Wildman–Crippen MR) is 61.0 cm³/mol. The van der Waals surface area contributed by atoms with Gasteiger partial charge in [-0.25, -0.2) is 4.98 Å². The Hall–Kier alpha value is -1.00. The van der Waals surface area contributed by atoms with Crippen molar-refractivity contribution >= 4 is 39.2 Å². The lowest BCUT2D eigenvalue weighted by molar-refractivity contribution is 1.29. The van der Waals surface area contributed by atoms with Crippen LogP contribution in [0.3, 0.4) is 0 Å². The van der Waals surface area contributed by atoms with Crippen molar-refractivity contribution in [2.45, 2.75) is 0 Å². The van der Waals surface area contributed by atoms with Gasteiger partial charge in [0, 0.05) is 16.9 Å². The van der Waals surface area contributed by atoms with Crippen LogP contribution in [0.4, 0.5) is 11.6 Å². The highest BCUT2D eigenvalue weighted by atomic mass is 79.9. The van der Waals surface area contributed by atoms with E-state index in [2.05, 4.69) is 31.2 Å². The molecule has 0 aliphatic carbocycles. The minimum absolute atomic E-state index is 0.657. The minimum Gasteiger partial charge on any atom is -0.331 e. The highest BCUT2D eigenvalue weighted by molar-refractivity contribution is 9.10. The molecule has 0 amide bonds. The fourth-order valence-electron chi connectivity index (χ4n) is 1.05. The first kappa shape index (κ1) is 9.55. The topological polar surface area (TPSA) is 40.7 Å². The number of anilines is 2. The molecule has 0 radical (unpaired) electrons. The molecule has 3 nitrogen and oxygen atoms in total. The number of rotatable bonds is 2. The number of nitrogens with zero attached hydrogens (tertiary/aromatic N) is 1. The number of halogens is 2. The van der Waals surface area contributed by atoms with Crippen molar-refractivity contribution < 1.29 is 0 Å². The van der Waals surface area contributed by atoms with Crippen LogP contribution in [0.1, 0.15) is 0 Å². The van der Waals surface area contributed by atoms with Gasteiger partial charge in [-0.3, -0.25) is 0 Å². The predicted octanol–water partition coefficient (Wildman–Crippen LogP) is 3.57. The van der Waals surface area contributed by atoms with Gasteiger partial charge in [-0.1, -0.05) is 27.5 Å². The van der Waals surface area contributed by atoms with Gasteiger partial charge in [0.1, 0.15) is 0 Å². The first-order chi connectivity index (χ1) is 6.75. The quantitative estimate of drug-likeness (QED) is 0.877. The molecular formula is C9H7BrClN3. The van der Waals surface area contributed by atoms with Gasteiger partial charge < -0.3 is 10.3 Å². The fraction of sp³-hybridized carbons (Fsp3) is 0. The molecule has 0 saturated heterocycles. The lowest BCUT2D eigenvalue weighted by Crippen LogP contribution is -1.92. The van der Waals surface area contributed by atoms with Crippen LogP contribution in [0.25, 0.3) is 0 Å². The molecule has 0 unspecified atom stereocenters. The normalized spacial score (nSPS) is 10.1. The standard InChI is InChI=1S/C9H7BrClN3/c10-6-1-2-7(11)8(5-6)14-9-12-3-4-13-9/h1-5H,(H2,12,13,14). The van der Waals surface area contributed by atoms with Crippen molar-refractivity contribution in [3.05, 3.63) is 40.1 Å². The molecule has 72 valence electrons. The molecule has 0 bridgehead atoms. The van der Waals surface area contributed by atoms with Crippen molar-refractivity contribution in [3.8, 4) is 0 Å². The van der Waals surface area contributed by atoms with Gasteiger partial charge in [-0.05, 0) is 18.2 Å². The van der Waals surface area contributed by atoms with Gasteiger partial charge in [-0.15, -0.1) is 0 Å². The van der Waals surface area contributed by atoms with Crippen LogP contribution in [-0.4, -0.2) is 9.97 Å². The molecule has 0 aliphatic rings. The van der Waals surface area contributed by atoms with E-state index in [1.165, 1.54) is 0 Å². The molecule has 2 N–H and O–H groups in total. The number of aromatic amines is 1. The number of imidazole rings is 1. The van der Waals surface area contributed by atoms with Crippen molar-refractivity contribution in [2.24, 2.45) is 0 Å². The summed E-state index contributed by atoms with van der Waals surface area (Å²) in [5, 5.41) is 3.72. The molecule has 0 saturated carbocycles. The zero-order valence-corrected chi connectivity index (χ0v) is 9.43. The van der Waals surface area contributed by atoms with E-state index >= 15 is 0 Å². The van der Waals surface area contributed by atoms with Crippen LogP contribution < -0.4 is 5.32 Å². The Bertz CT molecular complexity index is 428. The molecule has 0 spiro atoms. The van der Waals surface area contributed by atoms with Crippen LogP contribution in [0, 0.1) is 0 Å². The van der Waals surface area contributed by atoms with Gasteiger partial charge in [0.25, 0.3) is 0 Å². The Balaban J connectivity index is 2.28. The SMILES string of the molecule is Clc1ccc(Br)cc1Nc1ncc[nH]1. The molecule has 0 aliphatic heterocycles. The van der Waals surface area contributed by atoms with Gasteiger partial charge in [0.2, 0.25) is 5.95 Å². The van der Waals surface area contributed by atoms with Crippen LogP contribution in [0.5, 0.6) is 0 Å². The summed E-state index contributed by atoms with van der Waals surface area (Å²) in [6, 6.07) is 5.59. The maximum atomic E-state index is 5.99. The molecule has 1 aromatic heterocycles. The van der Waals surface area contributed by atoms with Crippen molar-refractivity contribution in [1.29, 1.82) is 0 Å². The molecular weight excluding hydrogens is 265 g/mol. The second-order valence-corrected chi connectivity index (χ2v) is 4.01. The van der Waals surface area contributed by atoms with Crippen LogP contribution >= 0.6 is 27.5 Å². The van der Waals surface area contributed by atoms with Gasteiger partial charge >= 0.3 is 0 Å². The zero-order valence-electron chi connectivity index (χ0n) is 7.09. The minimum atomic E-state index is 0.657. The van der Waals surface area contributed by atoms with E-state index in [9.17, 15) is 0 Å². The number of aromatic nitrogens is 2. The molecule has 14 heavy (non-hydrogen) atoms. The smallest absolute Gasteiger partial charge is 0.204 e. The molecule has 2 aromatic rings. The maximum absolute atomic E-state index is 5.99. The number of nitrogens with one attached hydrogen (secondary N) is 2. The van der Waals surface area contributed by atoms with Gasteiger partial charge in [-0.2, -0.15) is 0 Å². The molecule has 1 aromatic carbocycles. The highest BCUT2D eigenvalue weighted by Crippen LogP contribution is 2.27. The Labute approximate surface area is 94.6 Å². The fourth-order valence-corrected chi connectivity index (χ4v) is 1.58. The molecule has 5 heteroatoms. The Morgan fingerprint density at radius 3 is 3.00 bits per heavy atom. The first-order valence-electron chi connectivity index (χ1n) is 3.97. The lowest BCUT2D eigenvalue weighted by Gasteiger charge is -2.05. The van der Waals surface area contributed by atoms with Gasteiger partial charge in [0.15, 0.2) is 0 Å². The van der Waals surface area contributed by atoms with E-state index in [1.54, 1.807) is 12.4 Å². The Morgan fingerprint density at radius 2 is 2.29 bits per heavy atom. The van der Waals surface area contributed by atoms with Crippen molar-refractivity contribution in [1.82, 2.24) is 9.97 Å². The highest BCUT2D eigenvalue weighted by Gasteiger charge is 2.02.